The van der Waals surface area contributed by atoms with E-state index in [1.807, 2.05) is 11.8 Å². The maximum absolute atomic E-state index is 5.30. The van der Waals surface area contributed by atoms with Crippen LogP contribution in [-0.4, -0.2) is 55.4 Å². The molecule has 0 N–H and O–H groups in total. The number of morpholine rings is 1. The summed E-state index contributed by atoms with van der Waals surface area (Å²) in [5.74, 6) is 2.39. The second-order valence-corrected chi connectivity index (χ2v) is 4.26. The maximum Gasteiger partial charge on any atom is 0.0854 e. The topological polar surface area (TPSA) is 26.6 Å². The van der Waals surface area contributed by atoms with Crippen molar-refractivity contribution < 1.29 is 4.74 Å². The van der Waals surface area contributed by atoms with E-state index < -0.39 is 0 Å². The molecule has 0 aromatic heterocycles. The molecule has 2 fully saturated rings. The summed E-state index contributed by atoms with van der Waals surface area (Å²) >= 11 is 2.02. The first-order valence-corrected chi connectivity index (χ1v) is 5.68. The Balaban J connectivity index is 1.80. The molecule has 2 aliphatic heterocycles. The molecule has 0 amide bonds. The van der Waals surface area contributed by atoms with Crippen LogP contribution in [0, 0.1) is 0 Å². The van der Waals surface area contributed by atoms with Crippen LogP contribution in [0.25, 0.3) is 0 Å². The molecule has 2 heterocycles. The number of hydrogen-bond donors (Lipinski definition) is 0. The standard InChI is InChI=1S/C8H15N2OS/c1-6-12-7-8(9-1)10-2-4-11-5-3-10/h8H,1-7H2. The normalized spacial score (nSPS) is 33.5. The van der Waals surface area contributed by atoms with Gasteiger partial charge in [-0.15, -0.1) is 0 Å². The maximum atomic E-state index is 5.30. The van der Waals surface area contributed by atoms with Crippen molar-refractivity contribution in [3.05, 3.63) is 0 Å². The lowest BCUT2D eigenvalue weighted by atomic mass is 10.3. The molecule has 69 valence electrons. The Hall–Kier alpha value is 0.230. The third-order valence-corrected chi connectivity index (χ3v) is 3.31. The molecule has 2 aliphatic rings. The summed E-state index contributed by atoms with van der Waals surface area (Å²) in [6.45, 7) is 4.93. The molecule has 1 atom stereocenters. The Morgan fingerprint density at radius 1 is 1.33 bits per heavy atom. The van der Waals surface area contributed by atoms with E-state index in [1.54, 1.807) is 0 Å². The summed E-state index contributed by atoms with van der Waals surface area (Å²) in [6.07, 6.45) is 0.479. The predicted octanol–water partition coefficient (Wildman–Crippen LogP) is -0.00410. The Morgan fingerprint density at radius 2 is 2.17 bits per heavy atom. The van der Waals surface area contributed by atoms with Gasteiger partial charge in [0.05, 0.1) is 19.4 Å². The van der Waals surface area contributed by atoms with Gasteiger partial charge in [0, 0.05) is 31.1 Å². The number of ether oxygens (including phenoxy) is 1. The minimum atomic E-state index is 0.479. The lowest BCUT2D eigenvalue weighted by Gasteiger charge is -2.35. The molecule has 1 unspecified atom stereocenters. The molecule has 0 bridgehead atoms. The summed E-state index contributed by atoms with van der Waals surface area (Å²) in [4.78, 5) is 2.44. The predicted molar refractivity (Wildman–Crippen MR) is 50.5 cm³/mol. The number of rotatable bonds is 1. The first-order valence-electron chi connectivity index (χ1n) is 4.53. The van der Waals surface area contributed by atoms with E-state index >= 15 is 0 Å². The highest BCUT2D eigenvalue weighted by atomic mass is 32.2. The van der Waals surface area contributed by atoms with Crippen molar-refractivity contribution in [3.8, 4) is 0 Å². The van der Waals surface area contributed by atoms with Gasteiger partial charge in [0.15, 0.2) is 0 Å². The Kier molecular flexibility index (Phi) is 3.28. The molecule has 0 saturated carbocycles. The van der Waals surface area contributed by atoms with Gasteiger partial charge in [-0.05, 0) is 0 Å². The van der Waals surface area contributed by atoms with Crippen LogP contribution in [-0.2, 0) is 4.74 Å². The van der Waals surface area contributed by atoms with Gasteiger partial charge in [-0.3, -0.25) is 4.90 Å². The lowest BCUT2D eigenvalue weighted by Crippen LogP contribution is -2.51. The summed E-state index contributed by atoms with van der Waals surface area (Å²) in [7, 11) is 0. The zero-order valence-electron chi connectivity index (χ0n) is 7.24. The Morgan fingerprint density at radius 3 is 2.83 bits per heavy atom. The van der Waals surface area contributed by atoms with Gasteiger partial charge in [-0.2, -0.15) is 11.8 Å². The fourth-order valence-corrected chi connectivity index (χ4v) is 2.53. The first-order chi connectivity index (χ1) is 5.97. The molecule has 3 nitrogen and oxygen atoms in total. The highest BCUT2D eigenvalue weighted by Gasteiger charge is 2.23. The van der Waals surface area contributed by atoms with Crippen molar-refractivity contribution in [2.45, 2.75) is 6.17 Å². The molecule has 2 rings (SSSR count). The first kappa shape index (κ1) is 8.81. The van der Waals surface area contributed by atoms with E-state index in [-0.39, 0.29) is 0 Å². The highest BCUT2D eigenvalue weighted by Crippen LogP contribution is 2.13. The van der Waals surface area contributed by atoms with E-state index in [1.165, 1.54) is 11.5 Å². The average molecular weight is 187 g/mol. The van der Waals surface area contributed by atoms with Crippen LogP contribution >= 0.6 is 11.8 Å². The third-order valence-electron chi connectivity index (χ3n) is 2.31. The van der Waals surface area contributed by atoms with E-state index in [4.69, 9.17) is 4.74 Å². The van der Waals surface area contributed by atoms with Crippen LogP contribution in [0.15, 0.2) is 0 Å². The Bertz CT molecular complexity index is 117. The van der Waals surface area contributed by atoms with Crippen LogP contribution < -0.4 is 5.32 Å². The molecule has 4 heteroatoms. The van der Waals surface area contributed by atoms with Crippen molar-refractivity contribution in [2.75, 3.05) is 44.4 Å². The number of hydrogen-bond acceptors (Lipinski definition) is 3. The molecule has 2 saturated heterocycles. The molecule has 12 heavy (non-hydrogen) atoms. The summed E-state index contributed by atoms with van der Waals surface area (Å²) in [6, 6.07) is 0. The van der Waals surface area contributed by atoms with Crippen LogP contribution in [0.2, 0.25) is 0 Å². The number of nitrogens with zero attached hydrogens (tertiary/aromatic N) is 2. The van der Waals surface area contributed by atoms with E-state index in [0.29, 0.717) is 6.17 Å². The van der Waals surface area contributed by atoms with Gasteiger partial charge in [0.2, 0.25) is 0 Å². The van der Waals surface area contributed by atoms with Crippen LogP contribution in [0.1, 0.15) is 0 Å². The minimum absolute atomic E-state index is 0.479. The largest absolute Gasteiger partial charge is 0.379 e. The van der Waals surface area contributed by atoms with Crippen LogP contribution in [0.5, 0.6) is 0 Å². The molecule has 1 radical (unpaired) electrons. The Labute approximate surface area is 77.8 Å². The average Bonchev–Trinajstić information content (AvgIpc) is 2.21. The van der Waals surface area contributed by atoms with Gasteiger partial charge in [-0.1, -0.05) is 0 Å². The van der Waals surface area contributed by atoms with E-state index in [9.17, 15) is 0 Å². The van der Waals surface area contributed by atoms with Crippen molar-refractivity contribution in [1.82, 2.24) is 10.2 Å². The molecule has 0 aromatic carbocycles. The second-order valence-electron chi connectivity index (χ2n) is 3.11. The fourth-order valence-electron chi connectivity index (χ4n) is 1.60. The third kappa shape index (κ3) is 2.13. The van der Waals surface area contributed by atoms with Crippen molar-refractivity contribution in [2.24, 2.45) is 0 Å². The van der Waals surface area contributed by atoms with E-state index in [0.717, 1.165) is 32.8 Å². The molecule has 0 aliphatic carbocycles. The van der Waals surface area contributed by atoms with Crippen molar-refractivity contribution in [1.29, 1.82) is 0 Å². The van der Waals surface area contributed by atoms with Gasteiger partial charge >= 0.3 is 0 Å². The molecular formula is C8H15N2OS. The molecule has 0 spiro atoms. The summed E-state index contributed by atoms with van der Waals surface area (Å²) in [5.41, 5.74) is 0. The fraction of sp³-hybridized carbons (Fsp3) is 1.00. The summed E-state index contributed by atoms with van der Waals surface area (Å²) < 4.78 is 5.30. The van der Waals surface area contributed by atoms with Crippen LogP contribution in [0.3, 0.4) is 0 Å². The summed E-state index contributed by atoms with van der Waals surface area (Å²) in [5, 5.41) is 4.60. The lowest BCUT2D eigenvalue weighted by molar-refractivity contribution is 0.0133. The van der Waals surface area contributed by atoms with Gasteiger partial charge in [0.1, 0.15) is 0 Å². The highest BCUT2D eigenvalue weighted by molar-refractivity contribution is 7.99. The smallest absolute Gasteiger partial charge is 0.0854 e. The SMILES string of the molecule is C1CSCC(N2CCOCC2)[N]1. The minimum Gasteiger partial charge on any atom is -0.379 e. The zero-order valence-corrected chi connectivity index (χ0v) is 8.05. The van der Waals surface area contributed by atoms with Crippen molar-refractivity contribution in [3.63, 3.8) is 0 Å². The van der Waals surface area contributed by atoms with Crippen molar-refractivity contribution >= 4 is 11.8 Å². The molecule has 0 aromatic rings. The monoisotopic (exact) mass is 187 g/mol. The second kappa shape index (κ2) is 4.46. The van der Waals surface area contributed by atoms with Gasteiger partial charge in [0.25, 0.3) is 0 Å². The quantitative estimate of drug-likeness (QED) is 0.578. The molecular weight excluding hydrogens is 172 g/mol. The van der Waals surface area contributed by atoms with Gasteiger partial charge in [-0.25, -0.2) is 5.32 Å². The van der Waals surface area contributed by atoms with Crippen LogP contribution in [0.4, 0.5) is 0 Å². The zero-order chi connectivity index (χ0) is 8.23. The number of thioether (sulfide) groups is 1. The van der Waals surface area contributed by atoms with E-state index in [2.05, 4.69) is 10.2 Å². The van der Waals surface area contributed by atoms with Gasteiger partial charge < -0.3 is 4.74 Å².